The molecule has 0 spiro atoms. The smallest absolute Gasteiger partial charge is 0.359 e. The summed E-state index contributed by atoms with van der Waals surface area (Å²) in [5.74, 6) is -0.963. The monoisotopic (exact) mass is 358 g/mol. The first-order chi connectivity index (χ1) is 13.2. The molecule has 2 aromatic carbocycles. The first-order valence-electron chi connectivity index (χ1n) is 8.40. The predicted molar refractivity (Wildman–Crippen MR) is 96.9 cm³/mol. The molecule has 1 aliphatic heterocycles. The molecule has 1 saturated heterocycles. The quantitative estimate of drug-likeness (QED) is 0.667. The number of amides is 1. The summed E-state index contributed by atoms with van der Waals surface area (Å²) in [7, 11) is 0. The maximum atomic E-state index is 12.6. The van der Waals surface area contributed by atoms with Crippen molar-refractivity contribution >= 4 is 28.6 Å². The van der Waals surface area contributed by atoms with Crippen LogP contribution in [0.5, 0.6) is 0 Å². The third kappa shape index (κ3) is 3.20. The number of carbonyl (C=O) groups is 2. The van der Waals surface area contributed by atoms with E-state index in [0.29, 0.717) is 35.2 Å². The number of esters is 1. The molecule has 2 heterocycles. The van der Waals surface area contributed by atoms with Gasteiger partial charge in [-0.15, -0.1) is 0 Å². The zero-order chi connectivity index (χ0) is 18.8. The minimum atomic E-state index is -0.860. The molecule has 0 N–H and O–H groups in total. The first-order valence-corrected chi connectivity index (χ1v) is 8.40. The third-order valence-electron chi connectivity index (χ3n) is 4.37. The number of benzene rings is 2. The van der Waals surface area contributed by atoms with Gasteiger partial charge in [0, 0.05) is 18.7 Å². The minimum Gasteiger partial charge on any atom is -0.447 e. The van der Waals surface area contributed by atoms with Crippen molar-refractivity contribution in [1.82, 2.24) is 9.97 Å². The lowest BCUT2D eigenvalue weighted by atomic mass is 10.2. The zero-order valence-electron chi connectivity index (χ0n) is 14.2. The molecule has 7 heteroatoms. The summed E-state index contributed by atoms with van der Waals surface area (Å²) in [6, 6.07) is 15.9. The fourth-order valence-corrected chi connectivity index (χ4v) is 2.98. The number of rotatable bonds is 3. The number of aromatic nitrogens is 2. The topological polar surface area (TPSA) is 96.2 Å². The van der Waals surface area contributed by atoms with E-state index in [9.17, 15) is 9.59 Å². The van der Waals surface area contributed by atoms with Crippen molar-refractivity contribution in [2.24, 2.45) is 0 Å². The summed E-state index contributed by atoms with van der Waals surface area (Å²) in [6.45, 7) is 0.437. The Bertz CT molecular complexity index is 1070. The maximum Gasteiger partial charge on any atom is 0.359 e. The van der Waals surface area contributed by atoms with E-state index in [1.807, 2.05) is 18.2 Å². The maximum absolute atomic E-state index is 12.6. The summed E-state index contributed by atoms with van der Waals surface area (Å²) in [5.41, 5.74) is 2.52. The van der Waals surface area contributed by atoms with E-state index >= 15 is 0 Å². The predicted octanol–water partition coefficient (Wildman–Crippen LogP) is 2.46. The van der Waals surface area contributed by atoms with Crippen molar-refractivity contribution in [2.45, 2.75) is 12.5 Å². The number of nitriles is 1. The fourth-order valence-electron chi connectivity index (χ4n) is 2.98. The summed E-state index contributed by atoms with van der Waals surface area (Å²) in [4.78, 5) is 35.0. The van der Waals surface area contributed by atoms with E-state index in [1.54, 1.807) is 41.3 Å². The van der Waals surface area contributed by atoms with Crippen molar-refractivity contribution in [2.75, 3.05) is 11.4 Å². The lowest BCUT2D eigenvalue weighted by Crippen LogP contribution is -2.32. The summed E-state index contributed by atoms with van der Waals surface area (Å²) < 4.78 is 5.37. The molecule has 1 aromatic heterocycles. The van der Waals surface area contributed by atoms with Crippen molar-refractivity contribution < 1.29 is 14.3 Å². The summed E-state index contributed by atoms with van der Waals surface area (Å²) >= 11 is 0. The molecule has 1 aliphatic rings. The summed E-state index contributed by atoms with van der Waals surface area (Å²) in [6.07, 6.45) is 0.884. The molecular formula is C20H14N4O3. The molecule has 1 amide bonds. The highest BCUT2D eigenvalue weighted by molar-refractivity contribution is 6.01. The second kappa shape index (κ2) is 6.84. The second-order valence-electron chi connectivity index (χ2n) is 6.08. The van der Waals surface area contributed by atoms with Crippen LogP contribution >= 0.6 is 0 Å². The van der Waals surface area contributed by atoms with Crippen LogP contribution in [0, 0.1) is 11.3 Å². The van der Waals surface area contributed by atoms with Gasteiger partial charge in [-0.05, 0) is 36.4 Å². The first kappa shape index (κ1) is 16.7. The largest absolute Gasteiger partial charge is 0.447 e. The van der Waals surface area contributed by atoms with E-state index in [-0.39, 0.29) is 11.6 Å². The number of para-hydroxylation sites is 2. The normalized spacial score (nSPS) is 16.3. The number of hydrogen-bond donors (Lipinski definition) is 0. The zero-order valence-corrected chi connectivity index (χ0v) is 14.2. The Labute approximate surface area is 154 Å². The number of anilines is 1. The van der Waals surface area contributed by atoms with E-state index in [1.165, 1.54) is 6.20 Å². The average molecular weight is 358 g/mol. The Balaban J connectivity index is 1.48. The number of ether oxygens (including phenoxy) is 1. The Morgan fingerprint density at radius 1 is 1.15 bits per heavy atom. The van der Waals surface area contributed by atoms with Crippen LogP contribution in [0.15, 0.2) is 54.7 Å². The van der Waals surface area contributed by atoms with Crippen molar-refractivity contribution in [3.63, 3.8) is 0 Å². The fraction of sp³-hybridized carbons (Fsp3) is 0.150. The van der Waals surface area contributed by atoms with Gasteiger partial charge in [0.05, 0.1) is 28.9 Å². The Hall–Kier alpha value is -3.79. The lowest BCUT2D eigenvalue weighted by Gasteiger charge is -2.16. The van der Waals surface area contributed by atoms with Gasteiger partial charge in [0.1, 0.15) is 0 Å². The Kier molecular flexibility index (Phi) is 4.22. The molecule has 0 bridgehead atoms. The van der Waals surface area contributed by atoms with E-state index in [2.05, 4.69) is 9.97 Å². The lowest BCUT2D eigenvalue weighted by molar-refractivity contribution is -0.124. The van der Waals surface area contributed by atoms with Gasteiger partial charge >= 0.3 is 5.97 Å². The number of fused-ring (bicyclic) bond motifs is 1. The standard InChI is InChI=1S/C20H14N4O3/c21-11-13-5-7-14(8-6-13)24-10-9-18(19(24)25)27-20(26)17-12-22-15-3-1-2-4-16(15)23-17/h1-8,12,18H,9-10H2/t18-/m1/s1. The highest BCUT2D eigenvalue weighted by Crippen LogP contribution is 2.24. The van der Waals surface area contributed by atoms with Gasteiger partial charge in [-0.2, -0.15) is 5.26 Å². The number of carbonyl (C=O) groups excluding carboxylic acids is 2. The van der Waals surface area contributed by atoms with Crippen LogP contribution in [0.4, 0.5) is 5.69 Å². The van der Waals surface area contributed by atoms with Gasteiger partial charge in [-0.25, -0.2) is 9.78 Å². The highest BCUT2D eigenvalue weighted by Gasteiger charge is 2.36. The number of nitrogens with zero attached hydrogens (tertiary/aromatic N) is 4. The summed E-state index contributed by atoms with van der Waals surface area (Å²) in [5, 5.41) is 8.86. The SMILES string of the molecule is N#Cc1ccc(N2CC[C@@H](OC(=O)c3cnc4ccccc4n3)C2=O)cc1. The molecule has 27 heavy (non-hydrogen) atoms. The molecule has 7 nitrogen and oxygen atoms in total. The van der Waals surface area contributed by atoms with Gasteiger partial charge < -0.3 is 9.64 Å². The van der Waals surface area contributed by atoms with Crippen LogP contribution in [-0.4, -0.2) is 34.5 Å². The van der Waals surface area contributed by atoms with Gasteiger partial charge in [0.15, 0.2) is 11.8 Å². The molecule has 0 saturated carbocycles. The molecule has 4 rings (SSSR count). The van der Waals surface area contributed by atoms with Crippen molar-refractivity contribution in [3.8, 4) is 6.07 Å². The molecule has 0 aliphatic carbocycles. The van der Waals surface area contributed by atoms with Gasteiger partial charge in [-0.3, -0.25) is 9.78 Å². The Morgan fingerprint density at radius 3 is 2.63 bits per heavy atom. The third-order valence-corrected chi connectivity index (χ3v) is 4.37. The molecule has 0 unspecified atom stereocenters. The molecular weight excluding hydrogens is 344 g/mol. The minimum absolute atomic E-state index is 0.0679. The van der Waals surface area contributed by atoms with Crippen LogP contribution < -0.4 is 4.90 Å². The molecule has 0 radical (unpaired) electrons. The van der Waals surface area contributed by atoms with Crippen LogP contribution in [-0.2, 0) is 9.53 Å². The van der Waals surface area contributed by atoms with Crippen LogP contribution in [0.25, 0.3) is 11.0 Å². The van der Waals surface area contributed by atoms with Gasteiger partial charge in [0.25, 0.3) is 5.91 Å². The highest BCUT2D eigenvalue weighted by atomic mass is 16.5. The number of hydrogen-bond acceptors (Lipinski definition) is 6. The van der Waals surface area contributed by atoms with Crippen LogP contribution in [0.2, 0.25) is 0 Å². The van der Waals surface area contributed by atoms with Crippen molar-refractivity contribution in [1.29, 1.82) is 5.26 Å². The van der Waals surface area contributed by atoms with Crippen LogP contribution in [0.3, 0.4) is 0 Å². The Morgan fingerprint density at radius 2 is 1.89 bits per heavy atom. The van der Waals surface area contributed by atoms with Gasteiger partial charge in [0.2, 0.25) is 0 Å². The second-order valence-corrected chi connectivity index (χ2v) is 6.08. The van der Waals surface area contributed by atoms with E-state index in [0.717, 1.165) is 0 Å². The van der Waals surface area contributed by atoms with E-state index in [4.69, 9.17) is 10.00 Å². The molecule has 3 aromatic rings. The van der Waals surface area contributed by atoms with Gasteiger partial charge in [-0.1, -0.05) is 12.1 Å². The van der Waals surface area contributed by atoms with E-state index < -0.39 is 12.1 Å². The van der Waals surface area contributed by atoms with Crippen LogP contribution in [0.1, 0.15) is 22.5 Å². The molecule has 132 valence electrons. The average Bonchev–Trinajstić information content (AvgIpc) is 3.08. The molecule has 1 fully saturated rings. The van der Waals surface area contributed by atoms with Crippen molar-refractivity contribution in [3.05, 3.63) is 66.0 Å². The molecule has 1 atom stereocenters.